The van der Waals surface area contributed by atoms with Gasteiger partial charge in [0.15, 0.2) is 0 Å². The first-order valence-corrected chi connectivity index (χ1v) is 6.73. The number of rotatable bonds is 4. The number of isothiocyanates is 1. The summed E-state index contributed by atoms with van der Waals surface area (Å²) < 4.78 is 0. The van der Waals surface area contributed by atoms with E-state index in [9.17, 15) is 0 Å². The molecule has 0 atom stereocenters. The highest BCUT2D eigenvalue weighted by atomic mass is 32.1. The molecule has 0 radical (unpaired) electrons. The lowest BCUT2D eigenvalue weighted by Gasteiger charge is -2.11. The van der Waals surface area contributed by atoms with Gasteiger partial charge in [0.25, 0.3) is 0 Å². The summed E-state index contributed by atoms with van der Waals surface area (Å²) in [6.07, 6.45) is 4.17. The minimum Gasteiger partial charge on any atom is -0.378 e. The number of nitrogens with zero attached hydrogens (tertiary/aromatic N) is 2. The maximum atomic E-state index is 4.58. The molecule has 0 fully saturated rings. The van der Waals surface area contributed by atoms with Crippen molar-refractivity contribution in [3.05, 3.63) is 59.7 Å². The predicted octanol–water partition coefficient (Wildman–Crippen LogP) is 4.66. The van der Waals surface area contributed by atoms with Gasteiger partial charge in [-0.15, -0.1) is 0 Å². The Labute approximate surface area is 125 Å². The van der Waals surface area contributed by atoms with Gasteiger partial charge in [-0.1, -0.05) is 36.4 Å². The highest BCUT2D eigenvalue weighted by Gasteiger charge is 1.94. The van der Waals surface area contributed by atoms with E-state index in [1.807, 2.05) is 38.4 Å². The molecule has 2 aromatic carbocycles. The third-order valence-corrected chi connectivity index (χ3v) is 3.04. The molecule has 0 aromatic heterocycles. The summed E-state index contributed by atoms with van der Waals surface area (Å²) >= 11 is 4.58. The standard InChI is InChI=1S/C17H16N2S/c1-19(2)17-11-7-15(8-12-17)4-3-14-5-9-16(10-6-14)18-13-20/h3-12H,1-2H3/b4-3+. The predicted molar refractivity (Wildman–Crippen MR) is 90.8 cm³/mol. The van der Waals surface area contributed by atoms with Gasteiger partial charge in [-0.25, -0.2) is 0 Å². The van der Waals surface area contributed by atoms with Crippen molar-refractivity contribution in [1.82, 2.24) is 0 Å². The third-order valence-electron chi connectivity index (χ3n) is 2.95. The van der Waals surface area contributed by atoms with E-state index in [2.05, 4.69) is 63.7 Å². The van der Waals surface area contributed by atoms with Crippen LogP contribution in [0.5, 0.6) is 0 Å². The SMILES string of the molecule is CN(C)c1ccc(/C=C/c2ccc(N=C=S)cc2)cc1. The lowest BCUT2D eigenvalue weighted by molar-refractivity contribution is 1.13. The van der Waals surface area contributed by atoms with Crippen LogP contribution in [-0.2, 0) is 0 Å². The average Bonchev–Trinajstić information content (AvgIpc) is 2.47. The molecule has 0 unspecified atom stereocenters. The van der Waals surface area contributed by atoms with Crippen molar-refractivity contribution in [3.63, 3.8) is 0 Å². The molecule has 0 bridgehead atoms. The van der Waals surface area contributed by atoms with Crippen LogP contribution >= 0.6 is 12.2 Å². The van der Waals surface area contributed by atoms with Crippen LogP contribution in [-0.4, -0.2) is 19.3 Å². The van der Waals surface area contributed by atoms with Gasteiger partial charge in [-0.2, -0.15) is 4.99 Å². The Morgan fingerprint density at radius 1 is 0.900 bits per heavy atom. The van der Waals surface area contributed by atoms with E-state index in [0.717, 1.165) is 11.3 Å². The molecule has 0 saturated carbocycles. The maximum Gasteiger partial charge on any atom is 0.0739 e. The van der Waals surface area contributed by atoms with Crippen LogP contribution in [0, 0.1) is 0 Å². The number of anilines is 1. The molecule has 20 heavy (non-hydrogen) atoms. The molecule has 2 aromatic rings. The van der Waals surface area contributed by atoms with Crippen molar-refractivity contribution in [1.29, 1.82) is 0 Å². The van der Waals surface area contributed by atoms with Gasteiger partial charge in [-0.3, -0.25) is 0 Å². The molecule has 0 amide bonds. The minimum absolute atomic E-state index is 0.826. The van der Waals surface area contributed by atoms with E-state index < -0.39 is 0 Å². The first kappa shape index (κ1) is 14.2. The summed E-state index contributed by atoms with van der Waals surface area (Å²) in [4.78, 5) is 6.01. The summed E-state index contributed by atoms with van der Waals surface area (Å²) in [6, 6.07) is 16.3. The van der Waals surface area contributed by atoms with E-state index in [0.29, 0.717) is 0 Å². The molecule has 3 heteroatoms. The van der Waals surface area contributed by atoms with Crippen molar-refractivity contribution in [2.75, 3.05) is 19.0 Å². The number of aliphatic imine (C=N–C) groups is 1. The molecule has 0 aliphatic heterocycles. The van der Waals surface area contributed by atoms with E-state index in [1.54, 1.807) is 0 Å². The molecule has 0 aliphatic rings. The third kappa shape index (κ3) is 3.89. The van der Waals surface area contributed by atoms with Gasteiger partial charge in [0.1, 0.15) is 0 Å². The number of thiocarbonyl (C=S) groups is 1. The molecule has 0 aliphatic carbocycles. The van der Waals surface area contributed by atoms with Crippen molar-refractivity contribution in [3.8, 4) is 0 Å². The monoisotopic (exact) mass is 280 g/mol. The fourth-order valence-corrected chi connectivity index (χ4v) is 1.89. The Balaban J connectivity index is 2.10. The molecular formula is C17H16N2S. The molecule has 2 rings (SSSR count). The zero-order chi connectivity index (χ0) is 14.4. The normalized spacial score (nSPS) is 10.3. The maximum absolute atomic E-state index is 4.58. The quantitative estimate of drug-likeness (QED) is 0.460. The fraction of sp³-hybridized carbons (Fsp3) is 0.118. The van der Waals surface area contributed by atoms with Gasteiger partial charge in [-0.05, 0) is 47.6 Å². The van der Waals surface area contributed by atoms with Crippen LogP contribution in [0.15, 0.2) is 53.5 Å². The van der Waals surface area contributed by atoms with Crippen LogP contribution in [0.25, 0.3) is 12.2 Å². The summed E-state index contributed by atoms with van der Waals surface area (Å²) in [5.41, 5.74) is 4.33. The van der Waals surface area contributed by atoms with Crippen molar-refractivity contribution >= 4 is 40.9 Å². The summed E-state index contributed by atoms with van der Waals surface area (Å²) in [5, 5.41) is 2.36. The topological polar surface area (TPSA) is 15.6 Å². The van der Waals surface area contributed by atoms with Crippen molar-refractivity contribution < 1.29 is 0 Å². The van der Waals surface area contributed by atoms with E-state index in [1.165, 1.54) is 11.3 Å². The Bertz CT molecular complexity index is 634. The molecule has 100 valence electrons. The number of hydrogen-bond acceptors (Lipinski definition) is 3. The molecule has 0 saturated heterocycles. The van der Waals surface area contributed by atoms with E-state index in [-0.39, 0.29) is 0 Å². The largest absolute Gasteiger partial charge is 0.378 e. The van der Waals surface area contributed by atoms with Crippen molar-refractivity contribution in [2.45, 2.75) is 0 Å². The Morgan fingerprint density at radius 3 is 1.85 bits per heavy atom. The second kappa shape index (κ2) is 6.80. The minimum atomic E-state index is 0.826. The van der Waals surface area contributed by atoms with Gasteiger partial charge >= 0.3 is 0 Å². The highest BCUT2D eigenvalue weighted by Crippen LogP contribution is 2.16. The van der Waals surface area contributed by atoms with Crippen LogP contribution in [0.4, 0.5) is 11.4 Å². The summed E-state index contributed by atoms with van der Waals surface area (Å²) in [7, 11) is 4.07. The van der Waals surface area contributed by atoms with Gasteiger partial charge in [0.2, 0.25) is 0 Å². The Hall–Kier alpha value is -2.22. The lowest BCUT2D eigenvalue weighted by atomic mass is 10.1. The van der Waals surface area contributed by atoms with Crippen LogP contribution in [0.3, 0.4) is 0 Å². The second-order valence-corrected chi connectivity index (χ2v) is 4.80. The first-order valence-electron chi connectivity index (χ1n) is 6.32. The average molecular weight is 280 g/mol. The van der Waals surface area contributed by atoms with Crippen LogP contribution < -0.4 is 4.90 Å². The van der Waals surface area contributed by atoms with Gasteiger partial charge < -0.3 is 4.90 Å². The molecule has 0 spiro atoms. The molecule has 0 heterocycles. The van der Waals surface area contributed by atoms with Crippen LogP contribution in [0.1, 0.15) is 11.1 Å². The molecule has 0 N–H and O–H groups in total. The molecule has 2 nitrogen and oxygen atoms in total. The summed E-state index contributed by atoms with van der Waals surface area (Å²) in [6.45, 7) is 0. The molecular weight excluding hydrogens is 264 g/mol. The first-order chi connectivity index (χ1) is 9.69. The smallest absolute Gasteiger partial charge is 0.0739 e. The zero-order valence-corrected chi connectivity index (χ0v) is 12.4. The van der Waals surface area contributed by atoms with Crippen LogP contribution in [0.2, 0.25) is 0 Å². The van der Waals surface area contributed by atoms with E-state index >= 15 is 0 Å². The van der Waals surface area contributed by atoms with Crippen molar-refractivity contribution in [2.24, 2.45) is 4.99 Å². The van der Waals surface area contributed by atoms with Gasteiger partial charge in [0.05, 0.1) is 10.8 Å². The Kier molecular flexibility index (Phi) is 4.83. The Morgan fingerprint density at radius 2 is 1.40 bits per heavy atom. The van der Waals surface area contributed by atoms with E-state index in [4.69, 9.17) is 0 Å². The van der Waals surface area contributed by atoms with Gasteiger partial charge in [0, 0.05) is 19.8 Å². The summed E-state index contributed by atoms with van der Waals surface area (Å²) in [5.74, 6) is 0. The fourth-order valence-electron chi connectivity index (χ4n) is 1.79. The zero-order valence-electron chi connectivity index (χ0n) is 11.6. The lowest BCUT2D eigenvalue weighted by Crippen LogP contribution is -2.07. The highest BCUT2D eigenvalue weighted by molar-refractivity contribution is 7.78. The number of hydrogen-bond donors (Lipinski definition) is 0. The second-order valence-electron chi connectivity index (χ2n) is 4.61. The number of benzene rings is 2.